The van der Waals surface area contributed by atoms with Gasteiger partial charge in [-0.05, 0) is 19.3 Å². The molecule has 0 aliphatic carbocycles. The smallest absolute Gasteiger partial charge is 0.195 e. The van der Waals surface area contributed by atoms with Crippen LogP contribution in [-0.2, 0) is 13.0 Å². The summed E-state index contributed by atoms with van der Waals surface area (Å²) in [4.78, 5) is 12.6. The van der Waals surface area contributed by atoms with E-state index in [4.69, 9.17) is 0 Å². The van der Waals surface area contributed by atoms with Gasteiger partial charge in [0.05, 0.1) is 0 Å². The maximum absolute atomic E-state index is 12.6. The quantitative estimate of drug-likeness (QED) is 0.762. The maximum atomic E-state index is 12.6. The molecule has 2 aromatic rings. The lowest BCUT2D eigenvalue weighted by atomic mass is 9.99. The fourth-order valence-corrected chi connectivity index (χ4v) is 2.82. The number of benzene rings is 1. The lowest BCUT2D eigenvalue weighted by molar-refractivity contribution is 0.103. The molecule has 0 spiro atoms. The summed E-state index contributed by atoms with van der Waals surface area (Å²) in [5, 5.41) is 0. The van der Waals surface area contributed by atoms with Gasteiger partial charge in [-0.2, -0.15) is 0 Å². The van der Waals surface area contributed by atoms with E-state index in [0.717, 1.165) is 29.7 Å². The second-order valence-corrected chi connectivity index (χ2v) is 4.95. The minimum Gasteiger partial charge on any atom is -0.350 e. The molecule has 0 N–H and O–H groups in total. The first-order valence-electron chi connectivity index (χ1n) is 6.75. The third kappa shape index (κ3) is 2.03. The molecule has 1 aliphatic rings. The molecule has 1 aromatic carbocycles. The third-order valence-corrected chi connectivity index (χ3v) is 3.78. The van der Waals surface area contributed by atoms with Crippen LogP contribution < -0.4 is 0 Å². The van der Waals surface area contributed by atoms with Crippen molar-refractivity contribution in [1.29, 1.82) is 0 Å². The number of rotatable bonds is 3. The van der Waals surface area contributed by atoms with E-state index in [9.17, 15) is 4.79 Å². The summed E-state index contributed by atoms with van der Waals surface area (Å²) >= 11 is 0. The summed E-state index contributed by atoms with van der Waals surface area (Å²) < 4.78 is 2.22. The zero-order valence-corrected chi connectivity index (χ0v) is 10.9. The standard InChI is InChI=1S/C17H17NO/c1-2-14-15(12-18-11-7-6-10-16(14)18)17(19)13-8-4-3-5-9-13/h2-5,8-9,12H,1,6-7,10-11H2. The van der Waals surface area contributed by atoms with Crippen LogP contribution >= 0.6 is 0 Å². The minimum absolute atomic E-state index is 0.0948. The van der Waals surface area contributed by atoms with Crippen molar-refractivity contribution in [3.05, 3.63) is 65.5 Å². The summed E-state index contributed by atoms with van der Waals surface area (Å²) in [6.45, 7) is 4.89. The Kier molecular flexibility index (Phi) is 3.08. The van der Waals surface area contributed by atoms with Crippen LogP contribution in [0.3, 0.4) is 0 Å². The second-order valence-electron chi connectivity index (χ2n) is 4.95. The molecule has 19 heavy (non-hydrogen) atoms. The van der Waals surface area contributed by atoms with Crippen LogP contribution in [0.2, 0.25) is 0 Å². The van der Waals surface area contributed by atoms with Gasteiger partial charge in [-0.25, -0.2) is 0 Å². The van der Waals surface area contributed by atoms with E-state index in [1.54, 1.807) is 0 Å². The van der Waals surface area contributed by atoms with Gasteiger partial charge in [-0.1, -0.05) is 43.0 Å². The number of ketones is 1. The van der Waals surface area contributed by atoms with Gasteiger partial charge in [0.25, 0.3) is 0 Å². The fourth-order valence-electron chi connectivity index (χ4n) is 2.82. The zero-order valence-electron chi connectivity index (χ0n) is 10.9. The predicted molar refractivity (Wildman–Crippen MR) is 77.3 cm³/mol. The molecule has 2 nitrogen and oxygen atoms in total. The van der Waals surface area contributed by atoms with E-state index in [1.807, 2.05) is 42.6 Å². The Labute approximate surface area is 113 Å². The first-order chi connectivity index (χ1) is 9.31. The van der Waals surface area contributed by atoms with E-state index in [0.29, 0.717) is 0 Å². The van der Waals surface area contributed by atoms with Gasteiger partial charge in [0.2, 0.25) is 0 Å². The second kappa shape index (κ2) is 4.88. The Morgan fingerprint density at radius 2 is 2.00 bits per heavy atom. The molecule has 0 bridgehead atoms. The van der Waals surface area contributed by atoms with Crippen molar-refractivity contribution < 1.29 is 4.79 Å². The molecule has 0 atom stereocenters. The highest BCUT2D eigenvalue weighted by Gasteiger charge is 2.21. The number of carbonyl (C=O) groups excluding carboxylic acids is 1. The van der Waals surface area contributed by atoms with Crippen molar-refractivity contribution in [2.45, 2.75) is 25.8 Å². The first kappa shape index (κ1) is 12.0. The van der Waals surface area contributed by atoms with E-state index in [2.05, 4.69) is 11.1 Å². The van der Waals surface area contributed by atoms with Crippen molar-refractivity contribution in [3.63, 3.8) is 0 Å². The Balaban J connectivity index is 2.08. The summed E-state index contributed by atoms with van der Waals surface area (Å²) in [5.74, 6) is 0.0948. The molecule has 3 rings (SSSR count). The molecule has 1 aliphatic heterocycles. The lowest BCUT2D eigenvalue weighted by Crippen LogP contribution is -2.09. The number of hydrogen-bond donors (Lipinski definition) is 0. The van der Waals surface area contributed by atoms with Gasteiger partial charge in [0.1, 0.15) is 0 Å². The Hall–Kier alpha value is -2.09. The summed E-state index contributed by atoms with van der Waals surface area (Å²) in [6, 6.07) is 9.46. The van der Waals surface area contributed by atoms with Crippen molar-refractivity contribution in [3.8, 4) is 0 Å². The molecule has 2 heteroatoms. The number of aromatic nitrogens is 1. The van der Waals surface area contributed by atoms with E-state index in [-0.39, 0.29) is 5.78 Å². The predicted octanol–water partition coefficient (Wildman–Crippen LogP) is 3.70. The normalized spacial score (nSPS) is 13.9. The van der Waals surface area contributed by atoms with Crippen molar-refractivity contribution >= 4 is 11.9 Å². The molecule has 0 unspecified atom stereocenters. The number of fused-ring (bicyclic) bond motifs is 1. The van der Waals surface area contributed by atoms with E-state index in [1.165, 1.54) is 18.5 Å². The number of aryl methyl sites for hydroxylation is 1. The monoisotopic (exact) mass is 251 g/mol. The van der Waals surface area contributed by atoms with Crippen molar-refractivity contribution in [2.75, 3.05) is 0 Å². The van der Waals surface area contributed by atoms with Gasteiger partial charge in [-0.15, -0.1) is 0 Å². The van der Waals surface area contributed by atoms with Crippen molar-refractivity contribution in [2.24, 2.45) is 0 Å². The summed E-state index contributed by atoms with van der Waals surface area (Å²) in [6.07, 6.45) is 7.26. The molecule has 0 radical (unpaired) electrons. The van der Waals surface area contributed by atoms with Crippen LogP contribution in [-0.4, -0.2) is 10.4 Å². The van der Waals surface area contributed by atoms with E-state index < -0.39 is 0 Å². The topological polar surface area (TPSA) is 22.0 Å². The highest BCUT2D eigenvalue weighted by molar-refractivity contribution is 6.11. The van der Waals surface area contributed by atoms with Gasteiger partial charge in [0, 0.05) is 35.1 Å². The van der Waals surface area contributed by atoms with Crippen molar-refractivity contribution in [1.82, 2.24) is 4.57 Å². The van der Waals surface area contributed by atoms with Crippen LogP contribution in [0.25, 0.3) is 6.08 Å². The highest BCUT2D eigenvalue weighted by Crippen LogP contribution is 2.26. The third-order valence-electron chi connectivity index (χ3n) is 3.78. The molecule has 2 heterocycles. The molecule has 0 saturated heterocycles. The lowest BCUT2D eigenvalue weighted by Gasteiger charge is -2.15. The fraction of sp³-hybridized carbons (Fsp3) is 0.235. The number of carbonyl (C=O) groups is 1. The van der Waals surface area contributed by atoms with Gasteiger partial charge >= 0.3 is 0 Å². The van der Waals surface area contributed by atoms with Crippen LogP contribution in [0, 0.1) is 0 Å². The minimum atomic E-state index is 0.0948. The average Bonchev–Trinajstić information content (AvgIpc) is 2.85. The van der Waals surface area contributed by atoms with Crippen LogP contribution in [0.1, 0.15) is 40.0 Å². The number of hydrogen-bond acceptors (Lipinski definition) is 1. The Bertz CT molecular complexity index is 622. The van der Waals surface area contributed by atoms with Crippen LogP contribution in [0.15, 0.2) is 43.1 Å². The van der Waals surface area contributed by atoms with Crippen LogP contribution in [0.4, 0.5) is 0 Å². The SMILES string of the molecule is C=Cc1c(C(=O)c2ccccc2)cn2c1CCCC2. The molecule has 96 valence electrons. The first-order valence-corrected chi connectivity index (χ1v) is 6.75. The van der Waals surface area contributed by atoms with Gasteiger partial charge in [-0.3, -0.25) is 4.79 Å². The largest absolute Gasteiger partial charge is 0.350 e. The zero-order chi connectivity index (χ0) is 13.2. The van der Waals surface area contributed by atoms with Gasteiger partial charge in [0.15, 0.2) is 5.78 Å². The molecular formula is C17H17NO. The molecule has 0 saturated carbocycles. The molecule has 0 amide bonds. The molecular weight excluding hydrogens is 234 g/mol. The van der Waals surface area contributed by atoms with E-state index >= 15 is 0 Å². The molecule has 1 aromatic heterocycles. The Morgan fingerprint density at radius 1 is 1.21 bits per heavy atom. The highest BCUT2D eigenvalue weighted by atomic mass is 16.1. The number of nitrogens with zero attached hydrogens (tertiary/aromatic N) is 1. The average molecular weight is 251 g/mol. The molecule has 0 fully saturated rings. The maximum Gasteiger partial charge on any atom is 0.195 e. The Morgan fingerprint density at radius 3 is 2.74 bits per heavy atom. The summed E-state index contributed by atoms with van der Waals surface area (Å²) in [5.41, 5.74) is 3.82. The van der Waals surface area contributed by atoms with Gasteiger partial charge < -0.3 is 4.57 Å². The van der Waals surface area contributed by atoms with Crippen LogP contribution in [0.5, 0.6) is 0 Å². The summed E-state index contributed by atoms with van der Waals surface area (Å²) in [7, 11) is 0.